The molecule has 0 radical (unpaired) electrons. The lowest BCUT2D eigenvalue weighted by molar-refractivity contribution is 0.111. The first kappa shape index (κ1) is 14.3. The van der Waals surface area contributed by atoms with Crippen LogP contribution in [0.5, 0.6) is 0 Å². The van der Waals surface area contributed by atoms with Crippen LogP contribution in [0.4, 0.5) is 0 Å². The molecule has 0 aliphatic carbocycles. The number of benzene rings is 2. The van der Waals surface area contributed by atoms with Crippen molar-refractivity contribution < 1.29 is 0 Å². The summed E-state index contributed by atoms with van der Waals surface area (Å²) in [5, 5.41) is 3.73. The molecule has 110 valence electrons. The molecule has 1 N–H and O–H groups in total. The molecule has 0 bridgehead atoms. The van der Waals surface area contributed by atoms with Gasteiger partial charge >= 0.3 is 0 Å². The summed E-state index contributed by atoms with van der Waals surface area (Å²) in [5.41, 5.74) is 2.77. The van der Waals surface area contributed by atoms with E-state index in [1.165, 1.54) is 36.9 Å². The monoisotopic (exact) mass is 280 g/mol. The quantitative estimate of drug-likeness (QED) is 0.896. The summed E-state index contributed by atoms with van der Waals surface area (Å²) in [4.78, 5) is 2.59. The van der Waals surface area contributed by atoms with E-state index in [0.717, 1.165) is 13.1 Å². The van der Waals surface area contributed by atoms with E-state index in [4.69, 9.17) is 0 Å². The van der Waals surface area contributed by atoms with Gasteiger partial charge in [-0.2, -0.15) is 0 Å². The minimum atomic E-state index is 0.499. The molecule has 0 saturated carbocycles. The molecule has 0 aromatic heterocycles. The highest BCUT2D eigenvalue weighted by Gasteiger charge is 2.21. The van der Waals surface area contributed by atoms with Crippen LogP contribution in [0.3, 0.4) is 0 Å². The molecule has 2 nitrogen and oxygen atoms in total. The molecule has 1 aliphatic heterocycles. The molecule has 1 aliphatic rings. The van der Waals surface area contributed by atoms with Crippen LogP contribution in [0.15, 0.2) is 60.7 Å². The van der Waals surface area contributed by atoms with Crippen molar-refractivity contribution in [1.29, 1.82) is 0 Å². The van der Waals surface area contributed by atoms with Gasteiger partial charge < -0.3 is 0 Å². The Morgan fingerprint density at radius 3 is 2.24 bits per heavy atom. The molecule has 1 saturated heterocycles. The molecule has 2 aromatic carbocycles. The number of piperidine rings is 1. The Morgan fingerprint density at radius 1 is 0.857 bits per heavy atom. The van der Waals surface area contributed by atoms with E-state index in [1.807, 2.05) is 0 Å². The van der Waals surface area contributed by atoms with Crippen molar-refractivity contribution in [3.8, 4) is 0 Å². The van der Waals surface area contributed by atoms with Crippen LogP contribution in [0, 0.1) is 0 Å². The van der Waals surface area contributed by atoms with Gasteiger partial charge in [0.1, 0.15) is 0 Å². The van der Waals surface area contributed by atoms with E-state index in [0.29, 0.717) is 6.17 Å². The summed E-state index contributed by atoms with van der Waals surface area (Å²) >= 11 is 0. The fourth-order valence-corrected chi connectivity index (χ4v) is 3.06. The first-order valence-corrected chi connectivity index (χ1v) is 7.97. The van der Waals surface area contributed by atoms with Crippen molar-refractivity contribution in [2.45, 2.75) is 38.5 Å². The molecule has 1 atom stereocenters. The zero-order valence-corrected chi connectivity index (χ0v) is 12.5. The second-order valence-corrected chi connectivity index (χ2v) is 5.83. The van der Waals surface area contributed by atoms with Crippen molar-refractivity contribution in [1.82, 2.24) is 10.2 Å². The maximum atomic E-state index is 3.73. The van der Waals surface area contributed by atoms with Gasteiger partial charge in [-0.15, -0.1) is 0 Å². The van der Waals surface area contributed by atoms with E-state index in [2.05, 4.69) is 70.9 Å². The van der Waals surface area contributed by atoms with Gasteiger partial charge in [0.25, 0.3) is 0 Å². The first-order chi connectivity index (χ1) is 10.4. The highest BCUT2D eigenvalue weighted by Crippen LogP contribution is 2.18. The highest BCUT2D eigenvalue weighted by atomic mass is 15.3. The lowest BCUT2D eigenvalue weighted by Crippen LogP contribution is -2.47. The van der Waals surface area contributed by atoms with Gasteiger partial charge in [0.05, 0.1) is 6.17 Å². The van der Waals surface area contributed by atoms with Crippen LogP contribution < -0.4 is 5.32 Å². The zero-order chi connectivity index (χ0) is 14.3. The maximum Gasteiger partial charge on any atom is 0.0602 e. The number of hydrogen-bond acceptors (Lipinski definition) is 2. The Hall–Kier alpha value is -1.64. The summed E-state index contributed by atoms with van der Waals surface area (Å²) in [6.07, 6.45) is 4.40. The van der Waals surface area contributed by atoms with Gasteiger partial charge in [0.2, 0.25) is 0 Å². The third kappa shape index (κ3) is 4.16. The van der Waals surface area contributed by atoms with E-state index in [9.17, 15) is 0 Å². The van der Waals surface area contributed by atoms with Crippen LogP contribution in [0.2, 0.25) is 0 Å². The standard InChI is InChI=1S/C19H24N2/c1-3-9-17(10-4-1)15-20-19-13-7-8-14-21(19)16-18-11-5-2-6-12-18/h1-6,9-12,19-20H,7-8,13-16H2. The Balaban J connectivity index is 1.59. The predicted molar refractivity (Wildman–Crippen MR) is 87.8 cm³/mol. The zero-order valence-electron chi connectivity index (χ0n) is 12.5. The minimum absolute atomic E-state index is 0.499. The number of hydrogen-bond donors (Lipinski definition) is 1. The molecule has 2 aromatic rings. The van der Waals surface area contributed by atoms with Crippen LogP contribution in [-0.2, 0) is 13.1 Å². The van der Waals surface area contributed by atoms with Gasteiger partial charge in [0, 0.05) is 13.1 Å². The van der Waals surface area contributed by atoms with Crippen molar-refractivity contribution in [3.63, 3.8) is 0 Å². The van der Waals surface area contributed by atoms with Crippen LogP contribution >= 0.6 is 0 Å². The molecule has 1 fully saturated rings. The molecule has 2 heteroatoms. The highest BCUT2D eigenvalue weighted by molar-refractivity contribution is 5.15. The lowest BCUT2D eigenvalue weighted by Gasteiger charge is -2.36. The van der Waals surface area contributed by atoms with E-state index in [1.54, 1.807) is 0 Å². The number of rotatable bonds is 5. The second kappa shape index (κ2) is 7.39. The molecule has 1 heterocycles. The molecule has 1 unspecified atom stereocenters. The van der Waals surface area contributed by atoms with E-state index in [-0.39, 0.29) is 0 Å². The summed E-state index contributed by atoms with van der Waals surface area (Å²) in [6.45, 7) is 3.20. The largest absolute Gasteiger partial charge is 0.298 e. The second-order valence-electron chi connectivity index (χ2n) is 5.83. The fourth-order valence-electron chi connectivity index (χ4n) is 3.06. The third-order valence-corrected chi connectivity index (χ3v) is 4.23. The summed E-state index contributed by atoms with van der Waals surface area (Å²) in [5.74, 6) is 0. The summed E-state index contributed by atoms with van der Waals surface area (Å²) < 4.78 is 0. The molecular formula is C19H24N2. The van der Waals surface area contributed by atoms with Crippen molar-refractivity contribution >= 4 is 0 Å². The molecule has 3 rings (SSSR count). The third-order valence-electron chi connectivity index (χ3n) is 4.23. The first-order valence-electron chi connectivity index (χ1n) is 7.97. The Morgan fingerprint density at radius 2 is 1.52 bits per heavy atom. The Labute approximate surface area is 127 Å². The van der Waals surface area contributed by atoms with Crippen LogP contribution in [-0.4, -0.2) is 17.6 Å². The smallest absolute Gasteiger partial charge is 0.0602 e. The van der Waals surface area contributed by atoms with Gasteiger partial charge in [-0.05, 0) is 36.9 Å². The molecular weight excluding hydrogens is 256 g/mol. The maximum absolute atomic E-state index is 3.73. The van der Waals surface area contributed by atoms with Crippen molar-refractivity contribution in [2.75, 3.05) is 6.54 Å². The normalized spacial score (nSPS) is 19.5. The average Bonchev–Trinajstić information content (AvgIpc) is 2.56. The summed E-state index contributed by atoms with van der Waals surface area (Å²) in [7, 11) is 0. The van der Waals surface area contributed by atoms with Crippen LogP contribution in [0.1, 0.15) is 30.4 Å². The van der Waals surface area contributed by atoms with Gasteiger partial charge in [0.15, 0.2) is 0 Å². The van der Waals surface area contributed by atoms with E-state index < -0.39 is 0 Å². The number of nitrogens with one attached hydrogen (secondary N) is 1. The number of likely N-dealkylation sites (tertiary alicyclic amines) is 1. The molecule has 21 heavy (non-hydrogen) atoms. The Bertz CT molecular complexity index is 524. The average molecular weight is 280 g/mol. The minimum Gasteiger partial charge on any atom is -0.298 e. The van der Waals surface area contributed by atoms with Crippen LogP contribution in [0.25, 0.3) is 0 Å². The van der Waals surface area contributed by atoms with Crippen molar-refractivity contribution in [2.24, 2.45) is 0 Å². The number of nitrogens with zero attached hydrogens (tertiary/aromatic N) is 1. The Kier molecular flexibility index (Phi) is 5.03. The van der Waals surface area contributed by atoms with Gasteiger partial charge in [-0.1, -0.05) is 60.7 Å². The summed E-state index contributed by atoms with van der Waals surface area (Å²) in [6, 6.07) is 21.5. The van der Waals surface area contributed by atoms with Gasteiger partial charge in [-0.25, -0.2) is 0 Å². The van der Waals surface area contributed by atoms with E-state index >= 15 is 0 Å². The topological polar surface area (TPSA) is 15.3 Å². The fraction of sp³-hybridized carbons (Fsp3) is 0.368. The molecule has 0 amide bonds. The molecule has 0 spiro atoms. The SMILES string of the molecule is c1ccc(CNC2CCCCN2Cc2ccccc2)cc1. The van der Waals surface area contributed by atoms with Crippen molar-refractivity contribution in [3.05, 3.63) is 71.8 Å². The predicted octanol–water partition coefficient (Wildman–Crippen LogP) is 3.79. The lowest BCUT2D eigenvalue weighted by atomic mass is 10.1. The van der Waals surface area contributed by atoms with Gasteiger partial charge in [-0.3, -0.25) is 10.2 Å².